The predicted octanol–water partition coefficient (Wildman–Crippen LogP) is 1.01. The molecular formula is C10H20O4. The van der Waals surface area contributed by atoms with Crippen molar-refractivity contribution in [1.29, 1.82) is 0 Å². The number of carboxylic acid groups (broad SMARTS) is 1. The second kappa shape index (κ2) is 5.98. The van der Waals surface area contributed by atoms with Gasteiger partial charge >= 0.3 is 5.97 Å². The number of carboxylic acids is 1. The Balaban J connectivity index is 3.80. The summed E-state index contributed by atoms with van der Waals surface area (Å²) in [6.45, 7) is 3.71. The topological polar surface area (TPSA) is 77.8 Å². The zero-order chi connectivity index (χ0) is 11.2. The van der Waals surface area contributed by atoms with Gasteiger partial charge in [-0.25, -0.2) is 0 Å². The Labute approximate surface area is 84.6 Å². The molecule has 4 nitrogen and oxygen atoms in total. The number of hydrogen-bond donors (Lipinski definition) is 3. The molecule has 0 rings (SSSR count). The van der Waals surface area contributed by atoms with Crippen LogP contribution in [0.15, 0.2) is 0 Å². The molecule has 1 unspecified atom stereocenters. The van der Waals surface area contributed by atoms with E-state index in [1.807, 2.05) is 13.8 Å². The molecule has 0 aromatic heterocycles. The SMILES string of the molecule is CC(C)(CCC(O)CCO)CC(=O)O. The zero-order valence-electron chi connectivity index (χ0n) is 8.86. The maximum Gasteiger partial charge on any atom is 0.303 e. The molecule has 3 N–H and O–H groups in total. The van der Waals surface area contributed by atoms with Crippen molar-refractivity contribution in [3.8, 4) is 0 Å². The van der Waals surface area contributed by atoms with Crippen LogP contribution < -0.4 is 0 Å². The molecule has 0 aromatic rings. The van der Waals surface area contributed by atoms with Gasteiger partial charge in [0.05, 0.1) is 12.5 Å². The van der Waals surface area contributed by atoms with E-state index in [2.05, 4.69) is 0 Å². The standard InChI is InChI=1S/C10H20O4/c1-10(2,7-9(13)14)5-3-8(12)4-6-11/h8,11-12H,3-7H2,1-2H3,(H,13,14). The molecule has 0 bridgehead atoms. The van der Waals surface area contributed by atoms with E-state index in [0.29, 0.717) is 19.3 Å². The van der Waals surface area contributed by atoms with Gasteiger partial charge in [0.25, 0.3) is 0 Å². The largest absolute Gasteiger partial charge is 0.481 e. The van der Waals surface area contributed by atoms with Gasteiger partial charge in [-0.3, -0.25) is 4.79 Å². The van der Waals surface area contributed by atoms with Crippen molar-refractivity contribution in [1.82, 2.24) is 0 Å². The summed E-state index contributed by atoms with van der Waals surface area (Å²) in [5, 5.41) is 26.5. The van der Waals surface area contributed by atoms with Crippen LogP contribution in [0.5, 0.6) is 0 Å². The Morgan fingerprint density at radius 1 is 1.36 bits per heavy atom. The first kappa shape index (κ1) is 13.4. The zero-order valence-corrected chi connectivity index (χ0v) is 8.86. The lowest BCUT2D eigenvalue weighted by Crippen LogP contribution is -2.20. The van der Waals surface area contributed by atoms with Gasteiger partial charge in [0.15, 0.2) is 0 Å². The van der Waals surface area contributed by atoms with Crippen LogP contribution in [0.1, 0.15) is 39.5 Å². The van der Waals surface area contributed by atoms with Crippen molar-refractivity contribution in [2.45, 2.75) is 45.6 Å². The summed E-state index contributed by atoms with van der Waals surface area (Å²) >= 11 is 0. The van der Waals surface area contributed by atoms with Crippen LogP contribution in [0.2, 0.25) is 0 Å². The molecule has 0 saturated heterocycles. The van der Waals surface area contributed by atoms with Crippen molar-refractivity contribution >= 4 is 5.97 Å². The highest BCUT2D eigenvalue weighted by Gasteiger charge is 2.22. The second-order valence-electron chi connectivity index (χ2n) is 4.44. The predicted molar refractivity (Wildman–Crippen MR) is 53.0 cm³/mol. The van der Waals surface area contributed by atoms with Gasteiger partial charge in [-0.2, -0.15) is 0 Å². The van der Waals surface area contributed by atoms with Crippen molar-refractivity contribution < 1.29 is 20.1 Å². The summed E-state index contributed by atoms with van der Waals surface area (Å²) in [7, 11) is 0. The molecule has 0 aliphatic heterocycles. The smallest absolute Gasteiger partial charge is 0.303 e. The fraction of sp³-hybridized carbons (Fsp3) is 0.900. The summed E-state index contributed by atoms with van der Waals surface area (Å²) in [4.78, 5) is 10.5. The summed E-state index contributed by atoms with van der Waals surface area (Å²) in [6, 6.07) is 0. The van der Waals surface area contributed by atoms with E-state index in [1.54, 1.807) is 0 Å². The molecule has 0 saturated carbocycles. The van der Waals surface area contributed by atoms with Crippen LogP contribution >= 0.6 is 0 Å². The lowest BCUT2D eigenvalue weighted by molar-refractivity contribution is -0.139. The van der Waals surface area contributed by atoms with Gasteiger partial charge < -0.3 is 15.3 Å². The van der Waals surface area contributed by atoms with E-state index >= 15 is 0 Å². The molecule has 0 fully saturated rings. The third kappa shape index (κ3) is 6.86. The van der Waals surface area contributed by atoms with Crippen molar-refractivity contribution in [2.24, 2.45) is 5.41 Å². The Morgan fingerprint density at radius 2 is 1.93 bits per heavy atom. The van der Waals surface area contributed by atoms with Gasteiger partial charge in [0.1, 0.15) is 0 Å². The Morgan fingerprint density at radius 3 is 2.36 bits per heavy atom. The van der Waals surface area contributed by atoms with Crippen LogP contribution in [0.3, 0.4) is 0 Å². The first-order valence-corrected chi connectivity index (χ1v) is 4.88. The molecule has 1 atom stereocenters. The number of aliphatic hydroxyl groups is 2. The normalized spacial score (nSPS) is 14.0. The lowest BCUT2D eigenvalue weighted by Gasteiger charge is -2.23. The maximum atomic E-state index is 10.5. The maximum absolute atomic E-state index is 10.5. The minimum atomic E-state index is -0.813. The van der Waals surface area contributed by atoms with Gasteiger partial charge in [0.2, 0.25) is 0 Å². The molecule has 0 aliphatic carbocycles. The van der Waals surface area contributed by atoms with Gasteiger partial charge in [-0.05, 0) is 24.7 Å². The third-order valence-electron chi connectivity index (χ3n) is 2.25. The Bertz CT molecular complexity index is 177. The highest BCUT2D eigenvalue weighted by molar-refractivity contribution is 5.67. The first-order valence-electron chi connectivity index (χ1n) is 4.88. The molecule has 0 spiro atoms. The number of aliphatic hydroxyl groups excluding tert-OH is 2. The molecule has 0 aromatic carbocycles. The van der Waals surface area contributed by atoms with E-state index in [1.165, 1.54) is 0 Å². The van der Waals surface area contributed by atoms with E-state index < -0.39 is 12.1 Å². The van der Waals surface area contributed by atoms with Crippen LogP contribution in [-0.4, -0.2) is 34.0 Å². The van der Waals surface area contributed by atoms with Crippen LogP contribution in [0, 0.1) is 5.41 Å². The summed E-state index contributed by atoms with van der Waals surface area (Å²) in [5.41, 5.74) is -0.289. The molecule has 4 heteroatoms. The van der Waals surface area contributed by atoms with Gasteiger partial charge in [-0.15, -0.1) is 0 Å². The Kier molecular flexibility index (Phi) is 5.72. The molecular weight excluding hydrogens is 184 g/mol. The summed E-state index contributed by atoms with van der Waals surface area (Å²) in [5.74, 6) is -0.813. The van der Waals surface area contributed by atoms with E-state index in [0.717, 1.165) is 0 Å². The van der Waals surface area contributed by atoms with E-state index in [4.69, 9.17) is 10.2 Å². The first-order chi connectivity index (χ1) is 6.37. The van der Waals surface area contributed by atoms with Gasteiger partial charge in [-0.1, -0.05) is 13.8 Å². The monoisotopic (exact) mass is 204 g/mol. The second-order valence-corrected chi connectivity index (χ2v) is 4.44. The molecule has 0 heterocycles. The number of rotatable bonds is 7. The number of aliphatic carboxylic acids is 1. The molecule has 0 aliphatic rings. The quantitative estimate of drug-likeness (QED) is 0.578. The van der Waals surface area contributed by atoms with Crippen LogP contribution in [-0.2, 0) is 4.79 Å². The van der Waals surface area contributed by atoms with E-state index in [-0.39, 0.29) is 18.4 Å². The van der Waals surface area contributed by atoms with Crippen molar-refractivity contribution in [3.63, 3.8) is 0 Å². The minimum absolute atomic E-state index is 0.0273. The fourth-order valence-electron chi connectivity index (χ4n) is 1.35. The third-order valence-corrected chi connectivity index (χ3v) is 2.25. The minimum Gasteiger partial charge on any atom is -0.481 e. The number of carbonyl (C=O) groups is 1. The summed E-state index contributed by atoms with van der Waals surface area (Å²) in [6.07, 6.45) is 1.15. The Hall–Kier alpha value is -0.610. The van der Waals surface area contributed by atoms with E-state index in [9.17, 15) is 9.90 Å². The molecule has 0 radical (unpaired) electrons. The molecule has 84 valence electrons. The molecule has 14 heavy (non-hydrogen) atoms. The van der Waals surface area contributed by atoms with Crippen LogP contribution in [0.25, 0.3) is 0 Å². The fourth-order valence-corrected chi connectivity index (χ4v) is 1.35. The highest BCUT2D eigenvalue weighted by atomic mass is 16.4. The van der Waals surface area contributed by atoms with Crippen molar-refractivity contribution in [2.75, 3.05) is 6.61 Å². The highest BCUT2D eigenvalue weighted by Crippen LogP contribution is 2.27. The average molecular weight is 204 g/mol. The van der Waals surface area contributed by atoms with Crippen molar-refractivity contribution in [3.05, 3.63) is 0 Å². The number of hydrogen-bond acceptors (Lipinski definition) is 3. The average Bonchev–Trinajstić information content (AvgIpc) is 1.99. The lowest BCUT2D eigenvalue weighted by atomic mass is 9.83. The summed E-state index contributed by atoms with van der Waals surface area (Å²) < 4.78 is 0. The molecule has 0 amide bonds. The van der Waals surface area contributed by atoms with Gasteiger partial charge in [0, 0.05) is 6.61 Å². The van der Waals surface area contributed by atoms with Crippen LogP contribution in [0.4, 0.5) is 0 Å².